The molecule has 0 atom stereocenters. The Morgan fingerprint density at radius 3 is 2.39 bits per heavy atom. The summed E-state index contributed by atoms with van der Waals surface area (Å²) in [5, 5.41) is 7.82. The Hall–Kier alpha value is -1.13. The molecule has 0 fully saturated rings. The molecule has 0 saturated carbocycles. The third-order valence-corrected chi connectivity index (χ3v) is 4.04. The summed E-state index contributed by atoms with van der Waals surface area (Å²) in [5.41, 5.74) is 4.81. The average molecular weight is 308 g/mol. The Bertz CT molecular complexity index is 529. The van der Waals surface area contributed by atoms with Gasteiger partial charge in [-0.1, -0.05) is 29.8 Å². The number of halogens is 1. The van der Waals surface area contributed by atoms with Crippen molar-refractivity contribution >= 4 is 15.9 Å². The van der Waals surface area contributed by atoms with Crippen LogP contribution in [0.2, 0.25) is 0 Å². The van der Waals surface area contributed by atoms with Gasteiger partial charge in [0, 0.05) is 20.1 Å². The van der Waals surface area contributed by atoms with Crippen molar-refractivity contribution in [3.63, 3.8) is 0 Å². The van der Waals surface area contributed by atoms with Crippen molar-refractivity contribution in [2.45, 2.75) is 26.9 Å². The Morgan fingerprint density at radius 2 is 1.83 bits per heavy atom. The smallest absolute Gasteiger partial charge is 0.0739 e. The quantitative estimate of drug-likeness (QED) is 0.940. The maximum absolute atomic E-state index is 4.38. The summed E-state index contributed by atoms with van der Waals surface area (Å²) in [6.45, 7) is 5.79. The molecule has 1 aromatic heterocycles. The number of rotatable bonds is 4. The molecule has 2 aromatic rings. The highest BCUT2D eigenvalue weighted by molar-refractivity contribution is 9.10. The topological polar surface area (TPSA) is 29.9 Å². The molecule has 0 aliphatic carbocycles. The van der Waals surface area contributed by atoms with Gasteiger partial charge in [0.05, 0.1) is 15.9 Å². The third kappa shape index (κ3) is 3.00. The van der Waals surface area contributed by atoms with Gasteiger partial charge in [-0.25, -0.2) is 0 Å². The van der Waals surface area contributed by atoms with Crippen LogP contribution in [0.1, 0.15) is 22.5 Å². The predicted molar refractivity (Wildman–Crippen MR) is 77.4 cm³/mol. The molecule has 1 N–H and O–H groups in total. The van der Waals surface area contributed by atoms with Gasteiger partial charge in [-0.05, 0) is 35.3 Å². The van der Waals surface area contributed by atoms with Crippen LogP contribution in [0.25, 0.3) is 0 Å². The van der Waals surface area contributed by atoms with Gasteiger partial charge in [0.15, 0.2) is 0 Å². The molecule has 0 bridgehead atoms. The lowest BCUT2D eigenvalue weighted by Crippen LogP contribution is -2.15. The Kier molecular flexibility index (Phi) is 4.19. The molecule has 0 aliphatic rings. The predicted octanol–water partition coefficient (Wildman–Crippen LogP) is 3.09. The minimum Gasteiger partial charge on any atom is -0.307 e. The first-order chi connectivity index (χ1) is 8.58. The van der Waals surface area contributed by atoms with E-state index in [-0.39, 0.29) is 0 Å². The lowest BCUT2D eigenvalue weighted by Gasteiger charge is -2.06. The van der Waals surface area contributed by atoms with Crippen molar-refractivity contribution in [1.82, 2.24) is 15.1 Å². The lowest BCUT2D eigenvalue weighted by molar-refractivity contribution is 0.623. The van der Waals surface area contributed by atoms with E-state index in [4.69, 9.17) is 0 Å². The van der Waals surface area contributed by atoms with Crippen LogP contribution in [0, 0.1) is 13.8 Å². The molecule has 4 heteroatoms. The minimum atomic E-state index is 0.811. The Balaban J connectivity index is 1.94. The molecule has 1 aromatic carbocycles. The second kappa shape index (κ2) is 5.67. The van der Waals surface area contributed by atoms with Gasteiger partial charge in [-0.3, -0.25) is 4.68 Å². The minimum absolute atomic E-state index is 0.811. The van der Waals surface area contributed by atoms with Crippen LogP contribution in [0.5, 0.6) is 0 Å². The first-order valence-corrected chi connectivity index (χ1v) is 6.81. The van der Waals surface area contributed by atoms with Crippen LogP contribution in [0.3, 0.4) is 0 Å². The zero-order valence-electron chi connectivity index (χ0n) is 11.0. The number of nitrogens with one attached hydrogen (secondary N) is 1. The van der Waals surface area contributed by atoms with Gasteiger partial charge in [0.2, 0.25) is 0 Å². The van der Waals surface area contributed by atoms with E-state index in [9.17, 15) is 0 Å². The van der Waals surface area contributed by atoms with E-state index in [2.05, 4.69) is 57.5 Å². The van der Waals surface area contributed by atoms with Crippen molar-refractivity contribution in [2.24, 2.45) is 7.05 Å². The van der Waals surface area contributed by atoms with Crippen LogP contribution in [0.4, 0.5) is 0 Å². The van der Waals surface area contributed by atoms with Gasteiger partial charge < -0.3 is 5.32 Å². The Labute approximate surface area is 116 Å². The second-order valence-electron chi connectivity index (χ2n) is 4.56. The molecule has 0 unspecified atom stereocenters. The van der Waals surface area contributed by atoms with Crippen molar-refractivity contribution in [2.75, 3.05) is 0 Å². The number of benzene rings is 1. The molecule has 0 aliphatic heterocycles. The monoisotopic (exact) mass is 307 g/mol. The average Bonchev–Trinajstić information content (AvgIpc) is 2.58. The van der Waals surface area contributed by atoms with E-state index in [1.807, 2.05) is 18.7 Å². The molecule has 0 amide bonds. The zero-order chi connectivity index (χ0) is 13.1. The molecule has 2 rings (SSSR count). The number of aromatic nitrogens is 2. The number of hydrogen-bond donors (Lipinski definition) is 1. The van der Waals surface area contributed by atoms with E-state index in [1.54, 1.807) is 0 Å². The summed E-state index contributed by atoms with van der Waals surface area (Å²) < 4.78 is 3.02. The van der Waals surface area contributed by atoms with Crippen LogP contribution in [0.15, 0.2) is 28.7 Å². The molecule has 0 radical (unpaired) electrons. The molecular formula is C14H18BrN3. The summed E-state index contributed by atoms with van der Waals surface area (Å²) in [4.78, 5) is 0. The van der Waals surface area contributed by atoms with Gasteiger partial charge in [-0.2, -0.15) is 5.10 Å². The SMILES string of the molecule is Cc1ccc(CNCc2c(Br)c(C)nn2C)cc1. The third-order valence-electron chi connectivity index (χ3n) is 3.00. The van der Waals surface area contributed by atoms with Gasteiger partial charge >= 0.3 is 0 Å². The number of aryl methyl sites for hydroxylation is 3. The van der Waals surface area contributed by atoms with Crippen LogP contribution < -0.4 is 5.32 Å². The highest BCUT2D eigenvalue weighted by atomic mass is 79.9. The summed E-state index contributed by atoms with van der Waals surface area (Å²) >= 11 is 3.57. The van der Waals surface area contributed by atoms with Gasteiger partial charge in [0.1, 0.15) is 0 Å². The van der Waals surface area contributed by atoms with Crippen LogP contribution >= 0.6 is 15.9 Å². The zero-order valence-corrected chi connectivity index (χ0v) is 12.6. The maximum atomic E-state index is 4.38. The van der Waals surface area contributed by atoms with Crippen LogP contribution in [-0.4, -0.2) is 9.78 Å². The van der Waals surface area contributed by atoms with Crippen molar-refractivity contribution in [3.05, 3.63) is 51.3 Å². The van der Waals surface area contributed by atoms with E-state index in [0.717, 1.165) is 23.3 Å². The summed E-state index contributed by atoms with van der Waals surface area (Å²) in [5.74, 6) is 0. The fourth-order valence-electron chi connectivity index (χ4n) is 1.90. The van der Waals surface area contributed by atoms with Crippen molar-refractivity contribution < 1.29 is 0 Å². The standard InChI is InChI=1S/C14H18BrN3/c1-10-4-6-12(7-5-10)8-16-9-13-14(15)11(2)17-18(13)3/h4-7,16H,8-9H2,1-3H3. The van der Waals surface area contributed by atoms with Crippen LogP contribution in [-0.2, 0) is 20.1 Å². The first-order valence-electron chi connectivity index (χ1n) is 6.02. The normalized spacial score (nSPS) is 10.9. The number of nitrogens with zero attached hydrogens (tertiary/aromatic N) is 2. The molecule has 3 nitrogen and oxygen atoms in total. The molecule has 0 spiro atoms. The molecular weight excluding hydrogens is 290 g/mol. The molecule has 0 saturated heterocycles. The first kappa shape index (κ1) is 13.3. The summed E-state index contributed by atoms with van der Waals surface area (Å²) in [7, 11) is 1.97. The largest absolute Gasteiger partial charge is 0.307 e. The lowest BCUT2D eigenvalue weighted by atomic mass is 10.1. The number of hydrogen-bond acceptors (Lipinski definition) is 2. The fraction of sp³-hybridized carbons (Fsp3) is 0.357. The highest BCUT2D eigenvalue weighted by Gasteiger charge is 2.09. The highest BCUT2D eigenvalue weighted by Crippen LogP contribution is 2.19. The Morgan fingerprint density at radius 1 is 1.17 bits per heavy atom. The molecule has 18 heavy (non-hydrogen) atoms. The summed E-state index contributed by atoms with van der Waals surface area (Å²) in [6, 6.07) is 8.60. The molecule has 1 heterocycles. The van der Waals surface area contributed by atoms with E-state index < -0.39 is 0 Å². The van der Waals surface area contributed by atoms with Gasteiger partial charge in [-0.15, -0.1) is 0 Å². The van der Waals surface area contributed by atoms with Gasteiger partial charge in [0.25, 0.3) is 0 Å². The maximum Gasteiger partial charge on any atom is 0.0739 e. The van der Waals surface area contributed by atoms with Crippen molar-refractivity contribution in [1.29, 1.82) is 0 Å². The van der Waals surface area contributed by atoms with E-state index >= 15 is 0 Å². The summed E-state index contributed by atoms with van der Waals surface area (Å²) in [6.07, 6.45) is 0. The molecule has 96 valence electrons. The fourth-order valence-corrected chi connectivity index (χ4v) is 2.38. The van der Waals surface area contributed by atoms with E-state index in [1.165, 1.54) is 16.8 Å². The second-order valence-corrected chi connectivity index (χ2v) is 5.35. The van der Waals surface area contributed by atoms with E-state index in [0.29, 0.717) is 0 Å². The van der Waals surface area contributed by atoms with Crippen molar-refractivity contribution in [3.8, 4) is 0 Å².